The van der Waals surface area contributed by atoms with Crippen LogP contribution in [0.15, 0.2) is 0 Å². The summed E-state index contributed by atoms with van der Waals surface area (Å²) in [5, 5.41) is 2.65. The fourth-order valence-electron chi connectivity index (χ4n) is 2.14. The molecule has 110 valence electrons. The Balaban J connectivity index is 2.48. The molecule has 1 N–H and O–H groups in total. The molecule has 1 atom stereocenters. The standard InChI is InChI=1S/C14H26N2O3/c1-5-14(4)13(18)15-10-12(17)16(14)7-9-19-8-6-11(2)3/h11H,5-10H2,1-4H3,(H,15,18). The first-order chi connectivity index (χ1) is 8.91. The molecule has 1 heterocycles. The molecule has 0 aromatic heterocycles. The van der Waals surface area contributed by atoms with Crippen molar-refractivity contribution in [3.05, 3.63) is 0 Å². The normalized spacial score (nSPS) is 23.9. The maximum absolute atomic E-state index is 11.9. The zero-order valence-electron chi connectivity index (χ0n) is 12.5. The van der Waals surface area contributed by atoms with Gasteiger partial charge in [0.15, 0.2) is 0 Å². The molecule has 1 aliphatic heterocycles. The Morgan fingerprint density at radius 2 is 2.05 bits per heavy atom. The Hall–Kier alpha value is -1.10. The van der Waals surface area contributed by atoms with Gasteiger partial charge in [-0.3, -0.25) is 9.59 Å². The molecule has 0 aliphatic carbocycles. The number of carbonyl (C=O) groups is 2. The van der Waals surface area contributed by atoms with Crippen LogP contribution in [0.3, 0.4) is 0 Å². The van der Waals surface area contributed by atoms with Crippen LogP contribution in [-0.4, -0.2) is 48.6 Å². The average Bonchev–Trinajstić information content (AvgIpc) is 2.37. The van der Waals surface area contributed by atoms with Gasteiger partial charge in [-0.15, -0.1) is 0 Å². The van der Waals surface area contributed by atoms with Crippen molar-refractivity contribution in [1.82, 2.24) is 10.2 Å². The van der Waals surface area contributed by atoms with Crippen LogP contribution < -0.4 is 5.32 Å². The van der Waals surface area contributed by atoms with E-state index < -0.39 is 5.54 Å². The van der Waals surface area contributed by atoms with E-state index in [0.717, 1.165) is 6.42 Å². The molecular weight excluding hydrogens is 244 g/mol. The Labute approximate surface area is 115 Å². The van der Waals surface area contributed by atoms with E-state index in [2.05, 4.69) is 19.2 Å². The monoisotopic (exact) mass is 270 g/mol. The van der Waals surface area contributed by atoms with Crippen LogP contribution in [0.5, 0.6) is 0 Å². The van der Waals surface area contributed by atoms with Gasteiger partial charge in [0, 0.05) is 13.2 Å². The van der Waals surface area contributed by atoms with Crippen molar-refractivity contribution < 1.29 is 14.3 Å². The molecule has 0 aromatic rings. The highest BCUT2D eigenvalue weighted by Crippen LogP contribution is 2.22. The Morgan fingerprint density at radius 1 is 1.37 bits per heavy atom. The number of nitrogens with one attached hydrogen (secondary N) is 1. The largest absolute Gasteiger partial charge is 0.380 e. The molecule has 5 heteroatoms. The molecule has 0 spiro atoms. The number of ether oxygens (including phenoxy) is 1. The molecular formula is C14H26N2O3. The van der Waals surface area contributed by atoms with Crippen molar-refractivity contribution in [3.8, 4) is 0 Å². The molecule has 1 saturated heterocycles. The van der Waals surface area contributed by atoms with Gasteiger partial charge in [0.05, 0.1) is 13.2 Å². The molecule has 19 heavy (non-hydrogen) atoms. The van der Waals surface area contributed by atoms with E-state index in [-0.39, 0.29) is 18.4 Å². The molecule has 1 unspecified atom stereocenters. The van der Waals surface area contributed by atoms with Crippen molar-refractivity contribution in [2.75, 3.05) is 26.3 Å². The third-order valence-corrected chi connectivity index (χ3v) is 3.77. The number of hydrogen-bond donors (Lipinski definition) is 1. The van der Waals surface area contributed by atoms with Gasteiger partial charge in [-0.1, -0.05) is 20.8 Å². The summed E-state index contributed by atoms with van der Waals surface area (Å²) in [6.07, 6.45) is 1.62. The summed E-state index contributed by atoms with van der Waals surface area (Å²) < 4.78 is 5.54. The number of hydrogen-bond acceptors (Lipinski definition) is 3. The van der Waals surface area contributed by atoms with E-state index in [0.29, 0.717) is 32.1 Å². The van der Waals surface area contributed by atoms with Crippen LogP contribution in [0.1, 0.15) is 40.5 Å². The van der Waals surface area contributed by atoms with E-state index in [1.807, 2.05) is 13.8 Å². The molecule has 0 saturated carbocycles. The van der Waals surface area contributed by atoms with Crippen LogP contribution in [0.2, 0.25) is 0 Å². The van der Waals surface area contributed by atoms with Gasteiger partial charge in [-0.05, 0) is 25.7 Å². The zero-order valence-corrected chi connectivity index (χ0v) is 12.5. The van der Waals surface area contributed by atoms with Gasteiger partial charge < -0.3 is 15.0 Å². The minimum absolute atomic E-state index is 0.0311. The molecule has 2 amide bonds. The highest BCUT2D eigenvalue weighted by atomic mass is 16.5. The van der Waals surface area contributed by atoms with E-state index in [1.165, 1.54) is 0 Å². The third kappa shape index (κ3) is 3.93. The summed E-state index contributed by atoms with van der Waals surface area (Å²) in [7, 11) is 0. The SMILES string of the molecule is CCC1(C)C(=O)NCC(=O)N1CCOCCC(C)C. The van der Waals surface area contributed by atoms with Crippen molar-refractivity contribution in [3.63, 3.8) is 0 Å². The van der Waals surface area contributed by atoms with Gasteiger partial charge in [-0.25, -0.2) is 0 Å². The van der Waals surface area contributed by atoms with Crippen LogP contribution in [0.4, 0.5) is 0 Å². The van der Waals surface area contributed by atoms with Crippen molar-refractivity contribution in [2.45, 2.75) is 46.1 Å². The molecule has 0 bridgehead atoms. The van der Waals surface area contributed by atoms with Crippen LogP contribution >= 0.6 is 0 Å². The van der Waals surface area contributed by atoms with Crippen molar-refractivity contribution in [2.24, 2.45) is 5.92 Å². The van der Waals surface area contributed by atoms with Gasteiger partial charge in [-0.2, -0.15) is 0 Å². The Kier molecular flexibility index (Phi) is 5.79. The molecule has 0 aromatic carbocycles. The lowest BCUT2D eigenvalue weighted by atomic mass is 9.93. The fraction of sp³-hybridized carbons (Fsp3) is 0.857. The highest BCUT2D eigenvalue weighted by Gasteiger charge is 2.43. The first-order valence-corrected chi connectivity index (χ1v) is 7.08. The second kappa shape index (κ2) is 6.89. The van der Waals surface area contributed by atoms with E-state index >= 15 is 0 Å². The van der Waals surface area contributed by atoms with E-state index in [1.54, 1.807) is 4.90 Å². The highest BCUT2D eigenvalue weighted by molar-refractivity contribution is 5.97. The second-order valence-corrected chi connectivity index (χ2v) is 5.65. The Bertz CT molecular complexity index is 331. The smallest absolute Gasteiger partial charge is 0.246 e. The summed E-state index contributed by atoms with van der Waals surface area (Å²) in [5.41, 5.74) is -0.739. The minimum atomic E-state index is -0.739. The first kappa shape index (κ1) is 16.0. The molecule has 1 aliphatic rings. The van der Waals surface area contributed by atoms with E-state index in [9.17, 15) is 9.59 Å². The lowest BCUT2D eigenvalue weighted by molar-refractivity contribution is -0.153. The molecule has 1 rings (SSSR count). The summed E-state index contributed by atoms with van der Waals surface area (Å²) in [5.74, 6) is 0.511. The molecule has 0 radical (unpaired) electrons. The van der Waals surface area contributed by atoms with Crippen molar-refractivity contribution >= 4 is 11.8 Å². The Morgan fingerprint density at radius 3 is 2.63 bits per heavy atom. The third-order valence-electron chi connectivity index (χ3n) is 3.77. The maximum atomic E-state index is 11.9. The summed E-state index contributed by atoms with van der Waals surface area (Å²) >= 11 is 0. The molecule has 1 fully saturated rings. The number of carbonyl (C=O) groups excluding carboxylic acids is 2. The van der Waals surface area contributed by atoms with Gasteiger partial charge >= 0.3 is 0 Å². The van der Waals surface area contributed by atoms with Gasteiger partial charge in [0.25, 0.3) is 0 Å². The lowest BCUT2D eigenvalue weighted by Crippen LogP contribution is -2.66. The topological polar surface area (TPSA) is 58.6 Å². The molecule has 5 nitrogen and oxygen atoms in total. The second-order valence-electron chi connectivity index (χ2n) is 5.65. The lowest BCUT2D eigenvalue weighted by Gasteiger charge is -2.42. The number of amides is 2. The minimum Gasteiger partial charge on any atom is -0.380 e. The van der Waals surface area contributed by atoms with Crippen LogP contribution in [0.25, 0.3) is 0 Å². The van der Waals surface area contributed by atoms with Crippen LogP contribution in [-0.2, 0) is 14.3 Å². The summed E-state index contributed by atoms with van der Waals surface area (Å²) in [6, 6.07) is 0. The zero-order chi connectivity index (χ0) is 14.5. The van der Waals surface area contributed by atoms with Gasteiger partial charge in [0.2, 0.25) is 11.8 Å². The number of rotatable bonds is 7. The summed E-state index contributed by atoms with van der Waals surface area (Å²) in [6.45, 7) is 9.80. The predicted molar refractivity (Wildman–Crippen MR) is 73.7 cm³/mol. The average molecular weight is 270 g/mol. The van der Waals surface area contributed by atoms with Gasteiger partial charge in [0.1, 0.15) is 5.54 Å². The van der Waals surface area contributed by atoms with Crippen molar-refractivity contribution in [1.29, 1.82) is 0 Å². The summed E-state index contributed by atoms with van der Waals surface area (Å²) in [4.78, 5) is 25.5. The number of nitrogens with zero attached hydrogens (tertiary/aromatic N) is 1. The maximum Gasteiger partial charge on any atom is 0.246 e. The first-order valence-electron chi connectivity index (χ1n) is 7.08. The quantitative estimate of drug-likeness (QED) is 0.707. The number of piperazine rings is 1. The van der Waals surface area contributed by atoms with Crippen LogP contribution in [0, 0.1) is 5.92 Å². The van der Waals surface area contributed by atoms with E-state index in [4.69, 9.17) is 4.74 Å². The predicted octanol–water partition coefficient (Wildman–Crippen LogP) is 1.18. The fourth-order valence-corrected chi connectivity index (χ4v) is 2.14.